The maximum Gasteiger partial charge on any atom is 0.335 e. The van der Waals surface area contributed by atoms with Crippen molar-refractivity contribution in [3.05, 3.63) is 58.2 Å². The van der Waals surface area contributed by atoms with Crippen LogP contribution in [0.4, 0.5) is 0 Å². The number of carboxylic acid groups (broad SMARTS) is 1. The van der Waals surface area contributed by atoms with Gasteiger partial charge in [0.05, 0.1) is 5.56 Å². The monoisotopic (exact) mass is 422 g/mol. The van der Waals surface area contributed by atoms with E-state index < -0.39 is 11.8 Å². The summed E-state index contributed by atoms with van der Waals surface area (Å²) in [7, 11) is 1.60. The van der Waals surface area contributed by atoms with Crippen LogP contribution in [0.15, 0.2) is 47.1 Å². The molecule has 4 aliphatic carbocycles. The lowest BCUT2D eigenvalue weighted by Gasteiger charge is -2.54. The van der Waals surface area contributed by atoms with Crippen LogP contribution in [0.3, 0.4) is 0 Å². The van der Waals surface area contributed by atoms with Gasteiger partial charge in [-0.1, -0.05) is 24.6 Å². The number of ether oxygens (including phenoxy) is 1. The second-order valence-electron chi connectivity index (χ2n) is 9.95. The minimum absolute atomic E-state index is 0.0840. The number of allylic oxidation sites excluding steroid dienone is 4. The van der Waals surface area contributed by atoms with Crippen LogP contribution in [-0.4, -0.2) is 34.9 Å². The summed E-state index contributed by atoms with van der Waals surface area (Å²) < 4.78 is 5.71. The predicted octanol–water partition coefficient (Wildman–Crippen LogP) is 4.62. The molecule has 5 atom stereocenters. The first-order valence-electron chi connectivity index (χ1n) is 11.3. The zero-order valence-electron chi connectivity index (χ0n) is 18.2. The molecule has 0 aliphatic heterocycles. The molecular weight excluding hydrogens is 392 g/mol. The third kappa shape index (κ3) is 2.97. The SMILES string of the molecule is CO[C@]1(O)CC[C@H]2[C@@H]3CCC4=CC(=O)CCC4=C3[C@@H](c3ccc(C(=O)O)cc3)C[C@@]21C. The van der Waals surface area contributed by atoms with Gasteiger partial charge in [0.1, 0.15) is 0 Å². The fourth-order valence-electron chi connectivity index (χ4n) is 7.12. The van der Waals surface area contributed by atoms with Gasteiger partial charge in [0, 0.05) is 31.3 Å². The fraction of sp³-hybridized carbons (Fsp3) is 0.538. The molecule has 0 amide bonds. The highest BCUT2D eigenvalue weighted by atomic mass is 16.6. The van der Waals surface area contributed by atoms with Gasteiger partial charge in [0.15, 0.2) is 11.6 Å². The summed E-state index contributed by atoms with van der Waals surface area (Å²) >= 11 is 0. The van der Waals surface area contributed by atoms with Crippen molar-refractivity contribution in [1.82, 2.24) is 0 Å². The Morgan fingerprint density at radius 2 is 1.87 bits per heavy atom. The van der Waals surface area contributed by atoms with Gasteiger partial charge in [-0.2, -0.15) is 0 Å². The summed E-state index contributed by atoms with van der Waals surface area (Å²) in [5.74, 6) is -1.08. The highest BCUT2D eigenvalue weighted by Gasteiger charge is 2.63. The Kier molecular flexibility index (Phi) is 4.76. The number of carbonyl (C=O) groups is 2. The number of hydrogen-bond acceptors (Lipinski definition) is 4. The van der Waals surface area contributed by atoms with Gasteiger partial charge in [-0.25, -0.2) is 4.79 Å². The van der Waals surface area contributed by atoms with Gasteiger partial charge in [-0.3, -0.25) is 4.79 Å². The topological polar surface area (TPSA) is 83.8 Å². The standard InChI is InChI=1S/C26H30O5/c1-25-14-21(15-3-5-16(6-4-15)24(28)29)23-19-10-8-18(27)13-17(19)7-9-20(23)22(25)11-12-26(25,30)31-2/h3-6,13,20-22,30H,7-12,14H2,1-2H3,(H,28,29)/t20-,21+,22-,25-,26+/m0/s1. The molecule has 164 valence electrons. The van der Waals surface area contributed by atoms with Crippen LogP contribution >= 0.6 is 0 Å². The van der Waals surface area contributed by atoms with Crippen molar-refractivity contribution in [3.63, 3.8) is 0 Å². The summed E-state index contributed by atoms with van der Waals surface area (Å²) in [6.07, 6.45) is 7.42. The van der Waals surface area contributed by atoms with Gasteiger partial charge in [-0.15, -0.1) is 0 Å². The van der Waals surface area contributed by atoms with Gasteiger partial charge < -0.3 is 14.9 Å². The highest BCUT2D eigenvalue weighted by Crippen LogP contribution is 2.66. The Morgan fingerprint density at radius 3 is 2.55 bits per heavy atom. The van der Waals surface area contributed by atoms with Crippen LogP contribution in [0, 0.1) is 17.3 Å². The molecule has 1 aromatic rings. The molecule has 0 radical (unpaired) electrons. The number of carbonyl (C=O) groups excluding carboxylic acids is 1. The number of fused-ring (bicyclic) bond motifs is 4. The van der Waals surface area contributed by atoms with E-state index in [1.807, 2.05) is 18.2 Å². The summed E-state index contributed by atoms with van der Waals surface area (Å²) in [5, 5.41) is 20.7. The summed E-state index contributed by atoms with van der Waals surface area (Å²) in [5.41, 5.74) is 4.95. The molecule has 0 saturated heterocycles. The second kappa shape index (κ2) is 7.14. The van der Waals surface area contributed by atoms with Crippen LogP contribution in [0.2, 0.25) is 0 Å². The quantitative estimate of drug-likeness (QED) is 0.695. The van der Waals surface area contributed by atoms with E-state index in [1.54, 1.807) is 19.2 Å². The van der Waals surface area contributed by atoms with E-state index in [4.69, 9.17) is 4.74 Å². The van der Waals surface area contributed by atoms with E-state index >= 15 is 0 Å². The Hall–Kier alpha value is -2.24. The van der Waals surface area contributed by atoms with E-state index in [9.17, 15) is 19.8 Å². The average Bonchev–Trinajstić information content (AvgIpc) is 3.04. The van der Waals surface area contributed by atoms with E-state index in [0.29, 0.717) is 24.7 Å². The molecular formula is C26H30O5. The largest absolute Gasteiger partial charge is 0.478 e. The van der Waals surface area contributed by atoms with Crippen LogP contribution < -0.4 is 0 Å². The van der Waals surface area contributed by atoms with Crippen molar-refractivity contribution < 1.29 is 24.5 Å². The number of methoxy groups -OCH3 is 1. The zero-order chi connectivity index (χ0) is 22.0. The molecule has 2 N–H and O–H groups in total. The first-order chi connectivity index (χ1) is 14.8. The van der Waals surface area contributed by atoms with Crippen LogP contribution in [0.25, 0.3) is 0 Å². The molecule has 0 spiro atoms. The molecule has 2 saturated carbocycles. The minimum Gasteiger partial charge on any atom is -0.478 e. The van der Waals surface area contributed by atoms with Crippen LogP contribution in [-0.2, 0) is 9.53 Å². The first-order valence-corrected chi connectivity index (χ1v) is 11.3. The number of ketones is 1. The summed E-state index contributed by atoms with van der Waals surface area (Å²) in [6.45, 7) is 2.17. The average molecular weight is 423 g/mol. The van der Waals surface area contributed by atoms with Crippen molar-refractivity contribution in [2.45, 2.75) is 63.6 Å². The first kappa shape index (κ1) is 20.7. The highest BCUT2D eigenvalue weighted by molar-refractivity contribution is 5.93. The maximum atomic E-state index is 12.1. The molecule has 1 aromatic carbocycles. The minimum atomic E-state index is -1.15. The smallest absolute Gasteiger partial charge is 0.335 e. The van der Waals surface area contributed by atoms with Gasteiger partial charge in [0.2, 0.25) is 0 Å². The lowest BCUT2D eigenvalue weighted by molar-refractivity contribution is -0.256. The fourth-order valence-corrected chi connectivity index (χ4v) is 7.12. The van der Waals surface area contributed by atoms with Gasteiger partial charge >= 0.3 is 5.97 Å². The number of aliphatic hydroxyl groups is 1. The van der Waals surface area contributed by atoms with Gasteiger partial charge in [0.25, 0.3) is 0 Å². The Bertz CT molecular complexity index is 1000. The Labute approximate surface area is 182 Å². The third-order valence-corrected chi connectivity index (χ3v) is 8.71. The molecule has 4 aliphatic rings. The van der Waals surface area contributed by atoms with Crippen LogP contribution in [0.1, 0.15) is 73.7 Å². The maximum absolute atomic E-state index is 12.1. The molecule has 0 heterocycles. The van der Waals surface area contributed by atoms with Crippen LogP contribution in [0.5, 0.6) is 0 Å². The number of carboxylic acids is 1. The lowest BCUT2D eigenvalue weighted by atomic mass is 9.52. The Balaban J connectivity index is 1.67. The molecule has 0 unspecified atom stereocenters. The zero-order valence-corrected chi connectivity index (χ0v) is 18.2. The molecule has 2 fully saturated rings. The molecule has 5 rings (SSSR count). The molecule has 31 heavy (non-hydrogen) atoms. The lowest BCUT2D eigenvalue weighted by Crippen LogP contribution is -2.52. The van der Waals surface area contributed by atoms with E-state index in [2.05, 4.69) is 6.92 Å². The molecule has 0 aromatic heterocycles. The number of aromatic carboxylic acids is 1. The molecule has 0 bridgehead atoms. The number of hydrogen-bond donors (Lipinski definition) is 2. The third-order valence-electron chi connectivity index (χ3n) is 8.71. The summed E-state index contributed by atoms with van der Waals surface area (Å²) in [4.78, 5) is 23.4. The molecule has 5 nitrogen and oxygen atoms in total. The van der Waals surface area contributed by atoms with E-state index in [0.717, 1.165) is 37.7 Å². The van der Waals surface area contributed by atoms with Crippen molar-refractivity contribution >= 4 is 11.8 Å². The normalized spacial score (nSPS) is 37.1. The van der Waals surface area contributed by atoms with E-state index in [1.165, 1.54) is 16.7 Å². The van der Waals surface area contributed by atoms with Gasteiger partial charge in [-0.05, 0) is 78.9 Å². The number of rotatable bonds is 3. The van der Waals surface area contributed by atoms with Crippen molar-refractivity contribution in [2.24, 2.45) is 17.3 Å². The van der Waals surface area contributed by atoms with Crippen molar-refractivity contribution in [1.29, 1.82) is 0 Å². The second-order valence-corrected chi connectivity index (χ2v) is 9.95. The van der Waals surface area contributed by atoms with Crippen molar-refractivity contribution in [2.75, 3.05) is 7.11 Å². The van der Waals surface area contributed by atoms with E-state index in [-0.39, 0.29) is 22.7 Å². The summed E-state index contributed by atoms with van der Waals surface area (Å²) in [6, 6.07) is 7.20. The Morgan fingerprint density at radius 1 is 1.13 bits per heavy atom. The van der Waals surface area contributed by atoms with Crippen molar-refractivity contribution in [3.8, 4) is 0 Å². The number of benzene rings is 1. The predicted molar refractivity (Wildman–Crippen MR) is 116 cm³/mol. The molecule has 5 heteroatoms.